The highest BCUT2D eigenvalue weighted by molar-refractivity contribution is 5.46. The monoisotopic (exact) mass is 263 g/mol. The van der Waals surface area contributed by atoms with Crippen LogP contribution < -0.4 is 14.8 Å². The third kappa shape index (κ3) is 3.45. The zero-order chi connectivity index (χ0) is 13.5. The van der Waals surface area contributed by atoms with Crippen molar-refractivity contribution in [1.29, 1.82) is 0 Å². The van der Waals surface area contributed by atoms with Crippen LogP contribution in [0, 0.1) is 0 Å². The quantitative estimate of drug-likeness (QED) is 0.821. The van der Waals surface area contributed by atoms with E-state index in [9.17, 15) is 0 Å². The van der Waals surface area contributed by atoms with E-state index in [1.165, 1.54) is 6.39 Å². The van der Waals surface area contributed by atoms with Gasteiger partial charge in [0.1, 0.15) is 0 Å². The molecule has 1 N–H and O–H groups in total. The lowest BCUT2D eigenvalue weighted by Gasteiger charge is -2.14. The van der Waals surface area contributed by atoms with Crippen molar-refractivity contribution >= 4 is 0 Å². The minimum absolute atomic E-state index is 0.246. The summed E-state index contributed by atoms with van der Waals surface area (Å²) in [6.07, 6.45) is 1.28. The molecule has 0 saturated carbocycles. The molecule has 1 aromatic heterocycles. The lowest BCUT2D eigenvalue weighted by Crippen LogP contribution is -2.13. The normalized spacial score (nSPS) is 10.4. The van der Waals surface area contributed by atoms with E-state index in [2.05, 4.69) is 26.9 Å². The van der Waals surface area contributed by atoms with Crippen molar-refractivity contribution in [3.8, 4) is 11.5 Å². The number of para-hydroxylation sites is 1. The standard InChI is InChI=1S/C13H17N3O3/c1-3-14-7-10-5-4-6-11(17-2)13(10)18-8-12-15-9-19-16-12/h4-6,9,14H,3,7-8H2,1-2H3. The minimum atomic E-state index is 0.246. The zero-order valence-corrected chi connectivity index (χ0v) is 11.0. The highest BCUT2D eigenvalue weighted by atomic mass is 16.5. The van der Waals surface area contributed by atoms with E-state index >= 15 is 0 Å². The molecule has 0 amide bonds. The Labute approximate surface area is 111 Å². The molecule has 0 fully saturated rings. The van der Waals surface area contributed by atoms with Gasteiger partial charge in [0, 0.05) is 12.1 Å². The third-order valence-corrected chi connectivity index (χ3v) is 2.60. The van der Waals surface area contributed by atoms with Gasteiger partial charge < -0.3 is 19.3 Å². The van der Waals surface area contributed by atoms with Crippen LogP contribution in [-0.2, 0) is 13.2 Å². The summed E-state index contributed by atoms with van der Waals surface area (Å²) in [6, 6.07) is 5.80. The van der Waals surface area contributed by atoms with Crippen molar-refractivity contribution in [1.82, 2.24) is 15.5 Å². The Kier molecular flexibility index (Phi) is 4.74. The lowest BCUT2D eigenvalue weighted by molar-refractivity contribution is 0.266. The molecule has 0 aliphatic heterocycles. The van der Waals surface area contributed by atoms with Gasteiger partial charge in [-0.25, -0.2) is 0 Å². The lowest BCUT2D eigenvalue weighted by atomic mass is 10.2. The number of hydrogen-bond donors (Lipinski definition) is 1. The van der Waals surface area contributed by atoms with E-state index in [1.54, 1.807) is 7.11 Å². The summed E-state index contributed by atoms with van der Waals surface area (Å²) in [4.78, 5) is 3.92. The smallest absolute Gasteiger partial charge is 0.213 e. The molecular weight excluding hydrogens is 246 g/mol. The largest absolute Gasteiger partial charge is 0.493 e. The maximum Gasteiger partial charge on any atom is 0.213 e. The van der Waals surface area contributed by atoms with Crippen molar-refractivity contribution in [3.05, 3.63) is 36.0 Å². The van der Waals surface area contributed by atoms with E-state index in [4.69, 9.17) is 9.47 Å². The molecule has 1 aromatic carbocycles. The zero-order valence-electron chi connectivity index (χ0n) is 11.0. The SMILES string of the molecule is CCNCc1cccc(OC)c1OCc1ncon1. The number of methoxy groups -OCH3 is 1. The predicted octanol–water partition coefficient (Wildman–Crippen LogP) is 1.77. The summed E-state index contributed by atoms with van der Waals surface area (Å²) in [5, 5.41) is 6.98. The molecule has 19 heavy (non-hydrogen) atoms. The average Bonchev–Trinajstić information content (AvgIpc) is 2.96. The molecule has 0 spiro atoms. The van der Waals surface area contributed by atoms with Crippen molar-refractivity contribution in [2.24, 2.45) is 0 Å². The molecule has 0 radical (unpaired) electrons. The van der Waals surface area contributed by atoms with Crippen LogP contribution in [0.4, 0.5) is 0 Å². The van der Waals surface area contributed by atoms with Crippen LogP contribution in [0.1, 0.15) is 18.3 Å². The number of nitrogens with one attached hydrogen (secondary N) is 1. The summed E-state index contributed by atoms with van der Waals surface area (Å²) in [5.74, 6) is 1.90. The Balaban J connectivity index is 2.14. The molecule has 0 saturated heterocycles. The molecule has 6 nitrogen and oxygen atoms in total. The summed E-state index contributed by atoms with van der Waals surface area (Å²) in [6.45, 7) is 3.91. The summed E-state index contributed by atoms with van der Waals surface area (Å²) in [7, 11) is 1.62. The van der Waals surface area contributed by atoms with Gasteiger partial charge in [0.15, 0.2) is 18.1 Å². The molecule has 0 bridgehead atoms. The predicted molar refractivity (Wildman–Crippen MR) is 69.0 cm³/mol. The van der Waals surface area contributed by atoms with Gasteiger partial charge in [-0.05, 0) is 12.6 Å². The minimum Gasteiger partial charge on any atom is -0.493 e. The highest BCUT2D eigenvalue weighted by Crippen LogP contribution is 2.31. The van der Waals surface area contributed by atoms with Crippen molar-refractivity contribution < 1.29 is 14.0 Å². The van der Waals surface area contributed by atoms with Crippen LogP contribution in [0.2, 0.25) is 0 Å². The van der Waals surface area contributed by atoms with Gasteiger partial charge in [-0.15, -0.1) is 0 Å². The second kappa shape index (κ2) is 6.75. The van der Waals surface area contributed by atoms with Gasteiger partial charge in [0.2, 0.25) is 12.2 Å². The van der Waals surface area contributed by atoms with Crippen LogP contribution >= 0.6 is 0 Å². The number of aromatic nitrogens is 2. The van der Waals surface area contributed by atoms with Gasteiger partial charge in [0.25, 0.3) is 0 Å². The fraction of sp³-hybridized carbons (Fsp3) is 0.385. The number of rotatable bonds is 7. The van der Waals surface area contributed by atoms with Crippen LogP contribution in [0.3, 0.4) is 0 Å². The van der Waals surface area contributed by atoms with Crippen molar-refractivity contribution in [3.63, 3.8) is 0 Å². The van der Waals surface area contributed by atoms with E-state index in [0.717, 1.165) is 18.7 Å². The van der Waals surface area contributed by atoms with Crippen LogP contribution in [0.25, 0.3) is 0 Å². The molecule has 2 aromatic rings. The molecule has 0 atom stereocenters. The van der Waals surface area contributed by atoms with Gasteiger partial charge in [-0.3, -0.25) is 0 Å². The first-order chi connectivity index (χ1) is 9.35. The van der Waals surface area contributed by atoms with Crippen LogP contribution in [-0.4, -0.2) is 23.8 Å². The molecule has 0 unspecified atom stereocenters. The maximum absolute atomic E-state index is 5.75. The van der Waals surface area contributed by atoms with Gasteiger partial charge in [-0.1, -0.05) is 24.2 Å². The van der Waals surface area contributed by atoms with Crippen LogP contribution in [0.15, 0.2) is 29.1 Å². The Bertz CT molecular complexity index is 500. The third-order valence-electron chi connectivity index (χ3n) is 2.60. The van der Waals surface area contributed by atoms with E-state index in [0.29, 0.717) is 17.3 Å². The maximum atomic E-state index is 5.75. The topological polar surface area (TPSA) is 69.4 Å². The number of hydrogen-bond acceptors (Lipinski definition) is 6. The molecule has 0 aliphatic carbocycles. The van der Waals surface area contributed by atoms with E-state index < -0.39 is 0 Å². The van der Waals surface area contributed by atoms with Gasteiger partial charge in [0.05, 0.1) is 7.11 Å². The second-order valence-electron chi connectivity index (χ2n) is 3.86. The Morgan fingerprint density at radius 2 is 2.26 bits per heavy atom. The first-order valence-corrected chi connectivity index (χ1v) is 6.09. The molecule has 1 heterocycles. The van der Waals surface area contributed by atoms with Crippen LogP contribution in [0.5, 0.6) is 11.5 Å². The van der Waals surface area contributed by atoms with E-state index in [-0.39, 0.29) is 6.61 Å². The van der Waals surface area contributed by atoms with E-state index in [1.807, 2.05) is 18.2 Å². The summed E-state index contributed by atoms with van der Waals surface area (Å²) < 4.78 is 15.7. The Morgan fingerprint density at radius 1 is 1.37 bits per heavy atom. The van der Waals surface area contributed by atoms with Crippen molar-refractivity contribution in [2.45, 2.75) is 20.1 Å². The fourth-order valence-electron chi connectivity index (χ4n) is 1.68. The summed E-state index contributed by atoms with van der Waals surface area (Å²) >= 11 is 0. The molecule has 2 rings (SSSR count). The average molecular weight is 263 g/mol. The molecule has 0 aliphatic rings. The summed E-state index contributed by atoms with van der Waals surface area (Å²) in [5.41, 5.74) is 1.03. The molecule has 6 heteroatoms. The molecule has 102 valence electrons. The highest BCUT2D eigenvalue weighted by Gasteiger charge is 2.11. The number of ether oxygens (including phenoxy) is 2. The number of benzene rings is 1. The van der Waals surface area contributed by atoms with Gasteiger partial charge in [-0.2, -0.15) is 4.98 Å². The second-order valence-corrected chi connectivity index (χ2v) is 3.86. The van der Waals surface area contributed by atoms with Gasteiger partial charge >= 0.3 is 0 Å². The Morgan fingerprint density at radius 3 is 2.95 bits per heavy atom. The molecular formula is C13H17N3O3. The van der Waals surface area contributed by atoms with Crippen molar-refractivity contribution in [2.75, 3.05) is 13.7 Å². The Hall–Kier alpha value is -2.08. The first kappa shape index (κ1) is 13.4. The number of nitrogens with zero attached hydrogens (tertiary/aromatic N) is 2. The first-order valence-electron chi connectivity index (χ1n) is 6.09. The fourth-order valence-corrected chi connectivity index (χ4v) is 1.68.